The highest BCUT2D eigenvalue weighted by Crippen LogP contribution is 2.08. The summed E-state index contributed by atoms with van der Waals surface area (Å²) in [6, 6.07) is 6.56. The van der Waals surface area contributed by atoms with Crippen LogP contribution in [-0.4, -0.2) is 17.0 Å². The van der Waals surface area contributed by atoms with Crippen LogP contribution in [0.4, 0.5) is 4.39 Å². The third-order valence-corrected chi connectivity index (χ3v) is 3.73. The molecule has 1 aromatic carbocycles. The highest BCUT2D eigenvalue weighted by Gasteiger charge is 2.10. The normalized spacial score (nSPS) is 12.8. The molecule has 4 nitrogen and oxygen atoms in total. The summed E-state index contributed by atoms with van der Waals surface area (Å²) in [5.41, 5.74) is 6.01. The average Bonchev–Trinajstić information content (AvgIpc) is 2.87. The second-order valence-electron chi connectivity index (χ2n) is 4.49. The average molecular weight is 330 g/mol. The molecule has 0 fully saturated rings. The molecule has 0 spiro atoms. The zero-order valence-corrected chi connectivity index (χ0v) is 13.2. The zero-order chi connectivity index (χ0) is 14.5. The zero-order valence-electron chi connectivity index (χ0n) is 11.5. The van der Waals surface area contributed by atoms with Crippen molar-refractivity contribution < 1.29 is 9.18 Å². The Kier molecular flexibility index (Phi) is 6.74. The lowest BCUT2D eigenvalue weighted by Crippen LogP contribution is -2.23. The van der Waals surface area contributed by atoms with Gasteiger partial charge in [0.05, 0.1) is 6.54 Å². The molecule has 1 heterocycles. The summed E-state index contributed by atoms with van der Waals surface area (Å²) in [5.74, 6) is -0.824. The number of carbonyl (C=O) groups is 1. The van der Waals surface area contributed by atoms with Crippen molar-refractivity contribution in [1.82, 2.24) is 4.57 Å². The first-order chi connectivity index (χ1) is 9.61. The van der Waals surface area contributed by atoms with E-state index in [9.17, 15) is 9.18 Å². The van der Waals surface area contributed by atoms with Crippen LogP contribution in [0.1, 0.15) is 12.5 Å². The monoisotopic (exact) mass is 329 g/mol. The summed E-state index contributed by atoms with van der Waals surface area (Å²) in [4.78, 5) is 16.4. The molecule has 1 amide bonds. The Morgan fingerprint density at radius 2 is 2.19 bits per heavy atom. The van der Waals surface area contributed by atoms with Crippen LogP contribution in [-0.2, 0) is 11.3 Å². The molecule has 0 radical (unpaired) electrons. The number of thiazole rings is 1. The number of aromatic nitrogens is 1. The molecular formula is C14H17ClFN3OS. The van der Waals surface area contributed by atoms with Gasteiger partial charge in [0.2, 0.25) is 0 Å². The number of nitrogens with two attached hydrogens (primary N) is 1. The second-order valence-corrected chi connectivity index (χ2v) is 5.36. The van der Waals surface area contributed by atoms with Gasteiger partial charge in [0, 0.05) is 29.6 Å². The smallest absolute Gasteiger partial charge is 0.252 e. The summed E-state index contributed by atoms with van der Waals surface area (Å²) >= 11 is 1.34. The topological polar surface area (TPSA) is 60.4 Å². The number of benzene rings is 1. The molecule has 2 rings (SSSR count). The molecular weight excluding hydrogens is 313 g/mol. The lowest BCUT2D eigenvalue weighted by molar-refractivity contribution is -0.121. The van der Waals surface area contributed by atoms with E-state index in [2.05, 4.69) is 4.99 Å². The second kappa shape index (κ2) is 8.07. The molecule has 7 heteroatoms. The van der Waals surface area contributed by atoms with Gasteiger partial charge in [-0.3, -0.25) is 4.79 Å². The van der Waals surface area contributed by atoms with E-state index in [0.29, 0.717) is 16.9 Å². The maximum Gasteiger partial charge on any atom is 0.252 e. The van der Waals surface area contributed by atoms with Crippen LogP contribution in [0.15, 0.2) is 40.8 Å². The standard InChI is InChI=1S/C14H16FN3OS.ClH/c1-10(8-16)13(19)17-14-18(6-7-20-14)9-11-4-2-3-5-12(11)15;/h2-7,10H,8-9,16H2,1H3;1H. The van der Waals surface area contributed by atoms with E-state index in [-0.39, 0.29) is 36.6 Å². The molecule has 21 heavy (non-hydrogen) atoms. The molecule has 2 aromatic rings. The Morgan fingerprint density at radius 1 is 1.48 bits per heavy atom. The van der Waals surface area contributed by atoms with Gasteiger partial charge >= 0.3 is 0 Å². The number of halogens is 2. The number of amides is 1. The quantitative estimate of drug-likeness (QED) is 0.934. The minimum Gasteiger partial charge on any atom is -0.330 e. The van der Waals surface area contributed by atoms with Crippen LogP contribution < -0.4 is 10.5 Å². The molecule has 2 N–H and O–H groups in total. The number of rotatable bonds is 4. The van der Waals surface area contributed by atoms with Crippen LogP contribution in [0.25, 0.3) is 0 Å². The van der Waals surface area contributed by atoms with E-state index in [0.717, 1.165) is 0 Å². The minimum absolute atomic E-state index is 0. The van der Waals surface area contributed by atoms with Crippen molar-refractivity contribution in [2.75, 3.05) is 6.54 Å². The Bertz CT molecular complexity index is 668. The van der Waals surface area contributed by atoms with Crippen LogP contribution in [0.2, 0.25) is 0 Å². The van der Waals surface area contributed by atoms with Gasteiger partial charge < -0.3 is 10.3 Å². The van der Waals surface area contributed by atoms with Gasteiger partial charge in [-0.1, -0.05) is 25.1 Å². The van der Waals surface area contributed by atoms with Crippen molar-refractivity contribution in [2.24, 2.45) is 16.6 Å². The van der Waals surface area contributed by atoms with Crippen LogP contribution in [0.3, 0.4) is 0 Å². The van der Waals surface area contributed by atoms with Crippen LogP contribution in [0.5, 0.6) is 0 Å². The third kappa shape index (κ3) is 4.49. The SMILES string of the molecule is CC(CN)C(=O)N=c1sccn1Cc1ccccc1F.Cl. The van der Waals surface area contributed by atoms with Gasteiger partial charge in [0.1, 0.15) is 5.82 Å². The van der Waals surface area contributed by atoms with E-state index in [1.807, 2.05) is 5.38 Å². The van der Waals surface area contributed by atoms with Crippen molar-refractivity contribution in [3.8, 4) is 0 Å². The van der Waals surface area contributed by atoms with Crippen molar-refractivity contribution in [1.29, 1.82) is 0 Å². The van der Waals surface area contributed by atoms with Crippen molar-refractivity contribution in [2.45, 2.75) is 13.5 Å². The van der Waals surface area contributed by atoms with Gasteiger partial charge in [-0.05, 0) is 6.07 Å². The number of carbonyl (C=O) groups excluding carboxylic acids is 1. The van der Waals surface area contributed by atoms with Gasteiger partial charge in [0.25, 0.3) is 5.91 Å². The molecule has 1 aromatic heterocycles. The number of hydrogen-bond donors (Lipinski definition) is 1. The van der Waals surface area contributed by atoms with Crippen LogP contribution in [0, 0.1) is 11.7 Å². The van der Waals surface area contributed by atoms with E-state index < -0.39 is 0 Å². The number of hydrogen-bond acceptors (Lipinski definition) is 3. The minimum atomic E-state index is -0.306. The van der Waals surface area contributed by atoms with Crippen molar-refractivity contribution >= 4 is 29.7 Å². The summed E-state index contributed by atoms with van der Waals surface area (Å²) in [6.07, 6.45) is 1.79. The summed E-state index contributed by atoms with van der Waals surface area (Å²) < 4.78 is 15.4. The fraction of sp³-hybridized carbons (Fsp3) is 0.286. The predicted molar refractivity (Wildman–Crippen MR) is 83.8 cm³/mol. The number of nitrogens with zero attached hydrogens (tertiary/aromatic N) is 2. The van der Waals surface area contributed by atoms with E-state index in [4.69, 9.17) is 5.73 Å². The highest BCUT2D eigenvalue weighted by atomic mass is 35.5. The summed E-state index contributed by atoms with van der Waals surface area (Å²) in [7, 11) is 0. The summed E-state index contributed by atoms with van der Waals surface area (Å²) in [5, 5.41) is 1.82. The van der Waals surface area contributed by atoms with Gasteiger partial charge in [0.15, 0.2) is 4.80 Å². The Balaban J connectivity index is 0.00000220. The van der Waals surface area contributed by atoms with Crippen LogP contribution >= 0.6 is 23.7 Å². The largest absolute Gasteiger partial charge is 0.330 e. The predicted octanol–water partition coefficient (Wildman–Crippen LogP) is 2.18. The summed E-state index contributed by atoms with van der Waals surface area (Å²) in [6.45, 7) is 2.35. The van der Waals surface area contributed by atoms with E-state index in [1.54, 1.807) is 35.9 Å². The fourth-order valence-electron chi connectivity index (χ4n) is 1.62. The first-order valence-corrected chi connectivity index (χ1v) is 7.15. The van der Waals surface area contributed by atoms with Crippen molar-refractivity contribution in [3.63, 3.8) is 0 Å². The van der Waals surface area contributed by atoms with Gasteiger partial charge in [-0.15, -0.1) is 23.7 Å². The molecule has 0 aliphatic carbocycles. The molecule has 0 aliphatic rings. The lowest BCUT2D eigenvalue weighted by Gasteiger charge is -2.05. The highest BCUT2D eigenvalue weighted by molar-refractivity contribution is 7.07. The first kappa shape index (κ1) is 17.6. The molecule has 0 aliphatic heterocycles. The lowest BCUT2D eigenvalue weighted by atomic mass is 10.2. The molecule has 114 valence electrons. The van der Waals surface area contributed by atoms with Gasteiger partial charge in [-0.2, -0.15) is 4.99 Å². The Labute approximate surface area is 132 Å². The maximum absolute atomic E-state index is 13.6. The molecule has 1 unspecified atom stereocenters. The molecule has 0 saturated heterocycles. The van der Waals surface area contributed by atoms with Crippen molar-refractivity contribution in [3.05, 3.63) is 52.0 Å². The molecule has 0 bridgehead atoms. The Hall–Kier alpha value is -1.50. The van der Waals surface area contributed by atoms with E-state index in [1.165, 1.54) is 17.4 Å². The van der Waals surface area contributed by atoms with E-state index >= 15 is 0 Å². The molecule has 0 saturated carbocycles. The van der Waals surface area contributed by atoms with Gasteiger partial charge in [-0.25, -0.2) is 4.39 Å². The maximum atomic E-state index is 13.6. The molecule has 1 atom stereocenters. The Morgan fingerprint density at radius 3 is 2.86 bits per heavy atom. The first-order valence-electron chi connectivity index (χ1n) is 6.27. The third-order valence-electron chi connectivity index (χ3n) is 2.94. The fourth-order valence-corrected chi connectivity index (χ4v) is 2.36.